The molecule has 10 heteroatoms. The molecule has 1 aromatic heterocycles. The predicted molar refractivity (Wildman–Crippen MR) is 94.5 cm³/mol. The quantitative estimate of drug-likeness (QED) is 0.320. The van der Waals surface area contributed by atoms with Crippen molar-refractivity contribution in [2.75, 3.05) is 63.0 Å². The van der Waals surface area contributed by atoms with Crippen molar-refractivity contribution in [3.63, 3.8) is 0 Å². The Morgan fingerprint density at radius 1 is 1.08 bits per heavy atom. The van der Waals surface area contributed by atoms with E-state index >= 15 is 0 Å². The van der Waals surface area contributed by atoms with Crippen LogP contribution in [0.15, 0.2) is 12.2 Å². The molecule has 0 saturated heterocycles. The van der Waals surface area contributed by atoms with Gasteiger partial charge in [0.25, 0.3) is 0 Å². The lowest BCUT2D eigenvalue weighted by atomic mass is 10.5. The highest BCUT2D eigenvalue weighted by Gasteiger charge is 2.17. The van der Waals surface area contributed by atoms with E-state index in [1.807, 2.05) is 19.1 Å². The molecule has 0 aliphatic heterocycles. The highest BCUT2D eigenvalue weighted by Crippen LogP contribution is 2.14. The fraction of sp³-hybridized carbons (Fsp3) is 0.600. The van der Waals surface area contributed by atoms with Crippen LogP contribution in [0, 0.1) is 0 Å². The molecule has 0 aromatic carbocycles. The van der Waals surface area contributed by atoms with Crippen LogP contribution >= 0.6 is 0 Å². The summed E-state index contributed by atoms with van der Waals surface area (Å²) < 4.78 is 15.3. The second-order valence-electron chi connectivity index (χ2n) is 4.80. The van der Waals surface area contributed by atoms with E-state index in [1.54, 1.807) is 7.11 Å². The van der Waals surface area contributed by atoms with Gasteiger partial charge < -0.3 is 24.8 Å². The lowest BCUT2D eigenvalue weighted by Gasteiger charge is -2.19. The van der Waals surface area contributed by atoms with Crippen molar-refractivity contribution in [3.8, 4) is 0 Å². The van der Waals surface area contributed by atoms with E-state index in [2.05, 4.69) is 25.6 Å². The van der Waals surface area contributed by atoms with Crippen LogP contribution in [0.5, 0.6) is 0 Å². The fourth-order valence-corrected chi connectivity index (χ4v) is 1.70. The summed E-state index contributed by atoms with van der Waals surface area (Å²) >= 11 is 0. The molecule has 1 amide bonds. The number of nitrogens with zero attached hydrogens (tertiary/aromatic N) is 4. The maximum atomic E-state index is 11.8. The average Bonchev–Trinajstić information content (AvgIpc) is 2.58. The first-order valence-corrected chi connectivity index (χ1v) is 7.84. The zero-order chi connectivity index (χ0) is 18.5. The molecule has 1 heterocycles. The topological polar surface area (TPSA) is 111 Å². The summed E-state index contributed by atoms with van der Waals surface area (Å²) in [6, 6.07) is 0. The zero-order valence-corrected chi connectivity index (χ0v) is 15.1. The third kappa shape index (κ3) is 7.88. The molecule has 1 aromatic rings. The third-order valence-electron chi connectivity index (χ3n) is 2.81. The molecule has 10 nitrogen and oxygen atoms in total. The number of hydrogen-bond donors (Lipinski definition) is 2. The minimum Gasteiger partial charge on any atom is -0.381 e. The second kappa shape index (κ2) is 12.1. The Hall–Kier alpha value is -2.30. The summed E-state index contributed by atoms with van der Waals surface area (Å²) in [5.41, 5.74) is 0. The summed E-state index contributed by atoms with van der Waals surface area (Å²) in [6.45, 7) is 5.19. The molecular formula is C15H26N6O4. The normalized spacial score (nSPS) is 10.9. The second-order valence-corrected chi connectivity index (χ2v) is 4.80. The van der Waals surface area contributed by atoms with Crippen LogP contribution in [0.1, 0.15) is 13.8 Å². The lowest BCUT2D eigenvalue weighted by Crippen LogP contribution is -2.32. The summed E-state index contributed by atoms with van der Waals surface area (Å²) in [6.07, 6.45) is 3.71. The number of methoxy groups -OCH3 is 2. The predicted octanol–water partition coefficient (Wildman–Crippen LogP) is 0.849. The van der Waals surface area contributed by atoms with Gasteiger partial charge in [-0.1, -0.05) is 12.2 Å². The monoisotopic (exact) mass is 354 g/mol. The van der Waals surface area contributed by atoms with Gasteiger partial charge in [0.05, 0.1) is 13.2 Å². The van der Waals surface area contributed by atoms with Crippen LogP contribution < -0.4 is 15.5 Å². The molecular weight excluding hydrogens is 328 g/mol. The highest BCUT2D eigenvalue weighted by molar-refractivity contribution is 5.89. The van der Waals surface area contributed by atoms with Gasteiger partial charge in [-0.05, 0) is 6.92 Å². The maximum Gasteiger partial charge on any atom is 0.240 e. The molecule has 0 bridgehead atoms. The Kier molecular flexibility index (Phi) is 10.1. The molecule has 0 spiro atoms. The van der Waals surface area contributed by atoms with Crippen molar-refractivity contribution in [1.29, 1.82) is 0 Å². The van der Waals surface area contributed by atoms with Crippen molar-refractivity contribution in [2.24, 2.45) is 0 Å². The van der Waals surface area contributed by atoms with Crippen LogP contribution in [0.4, 0.5) is 17.8 Å². The number of ether oxygens (including phenoxy) is 3. The number of nitrogens with one attached hydrogen (secondary N) is 2. The Morgan fingerprint density at radius 3 is 2.36 bits per heavy atom. The molecule has 0 fully saturated rings. The van der Waals surface area contributed by atoms with Crippen LogP contribution in [-0.2, 0) is 19.0 Å². The zero-order valence-electron chi connectivity index (χ0n) is 15.1. The molecule has 0 aliphatic rings. The lowest BCUT2D eigenvalue weighted by molar-refractivity contribution is -0.117. The van der Waals surface area contributed by atoms with E-state index in [9.17, 15) is 4.79 Å². The minimum absolute atomic E-state index is 0.0468. The van der Waals surface area contributed by atoms with E-state index < -0.39 is 0 Å². The molecule has 140 valence electrons. The van der Waals surface area contributed by atoms with Crippen LogP contribution in [0.2, 0.25) is 0 Å². The first-order chi connectivity index (χ1) is 12.1. The van der Waals surface area contributed by atoms with E-state index in [4.69, 9.17) is 14.2 Å². The van der Waals surface area contributed by atoms with Gasteiger partial charge in [0.2, 0.25) is 23.8 Å². The SMILES string of the molecule is CCNc1nc(NCOC/C=C/COC)nc(N(COC)C(C)=O)n1. The van der Waals surface area contributed by atoms with Gasteiger partial charge >= 0.3 is 0 Å². The fourth-order valence-electron chi connectivity index (χ4n) is 1.70. The van der Waals surface area contributed by atoms with Gasteiger partial charge in [0, 0.05) is 27.7 Å². The number of amides is 1. The highest BCUT2D eigenvalue weighted by atomic mass is 16.5. The van der Waals surface area contributed by atoms with Crippen molar-refractivity contribution < 1.29 is 19.0 Å². The number of carbonyl (C=O) groups excluding carboxylic acids is 1. The van der Waals surface area contributed by atoms with Crippen molar-refractivity contribution in [3.05, 3.63) is 12.2 Å². The van der Waals surface area contributed by atoms with E-state index in [1.165, 1.54) is 18.9 Å². The van der Waals surface area contributed by atoms with Gasteiger partial charge in [0.1, 0.15) is 13.5 Å². The molecule has 2 N–H and O–H groups in total. The van der Waals surface area contributed by atoms with E-state index in [0.29, 0.717) is 31.7 Å². The molecule has 0 unspecified atom stereocenters. The maximum absolute atomic E-state index is 11.8. The van der Waals surface area contributed by atoms with Gasteiger partial charge in [-0.15, -0.1) is 0 Å². The van der Waals surface area contributed by atoms with Crippen LogP contribution in [-0.4, -0.2) is 68.3 Å². The molecule has 0 radical (unpaired) electrons. The van der Waals surface area contributed by atoms with Gasteiger partial charge in [-0.3, -0.25) is 9.69 Å². The van der Waals surface area contributed by atoms with Crippen molar-refractivity contribution >= 4 is 23.8 Å². The number of aromatic nitrogens is 3. The average molecular weight is 354 g/mol. The molecule has 25 heavy (non-hydrogen) atoms. The summed E-state index contributed by atoms with van der Waals surface area (Å²) in [7, 11) is 3.12. The first-order valence-electron chi connectivity index (χ1n) is 7.84. The van der Waals surface area contributed by atoms with Gasteiger partial charge in [-0.25, -0.2) is 0 Å². The first kappa shape index (κ1) is 20.7. The Bertz CT molecular complexity index is 555. The Balaban J connectivity index is 2.75. The third-order valence-corrected chi connectivity index (χ3v) is 2.81. The summed E-state index contributed by atoms with van der Waals surface area (Å²) in [5, 5.41) is 5.94. The molecule has 0 aliphatic carbocycles. The van der Waals surface area contributed by atoms with Crippen LogP contribution in [0.25, 0.3) is 0 Å². The van der Waals surface area contributed by atoms with Gasteiger partial charge in [0.15, 0.2) is 0 Å². The van der Waals surface area contributed by atoms with Crippen molar-refractivity contribution in [1.82, 2.24) is 15.0 Å². The summed E-state index contributed by atoms with van der Waals surface area (Å²) in [4.78, 5) is 25.8. The molecule has 0 saturated carbocycles. The minimum atomic E-state index is -0.235. The smallest absolute Gasteiger partial charge is 0.240 e. The van der Waals surface area contributed by atoms with Crippen molar-refractivity contribution in [2.45, 2.75) is 13.8 Å². The number of hydrogen-bond acceptors (Lipinski definition) is 9. The van der Waals surface area contributed by atoms with Crippen LogP contribution in [0.3, 0.4) is 0 Å². The standard InChI is InChI=1S/C15H26N6O4/c1-5-16-13-18-14(17-10-25-9-7-6-8-23-3)20-15(19-13)21(11-24-4)12(2)22/h6-7H,5,8-11H2,1-4H3,(H2,16,17,18,19,20)/b7-6+. The molecule has 1 rings (SSSR count). The van der Waals surface area contributed by atoms with E-state index in [0.717, 1.165) is 0 Å². The number of anilines is 3. The largest absolute Gasteiger partial charge is 0.381 e. The Morgan fingerprint density at radius 2 is 1.76 bits per heavy atom. The number of rotatable bonds is 12. The van der Waals surface area contributed by atoms with E-state index in [-0.39, 0.29) is 25.3 Å². The Labute approximate surface area is 147 Å². The van der Waals surface area contributed by atoms with Gasteiger partial charge in [-0.2, -0.15) is 15.0 Å². The summed E-state index contributed by atoms with van der Waals surface area (Å²) in [5.74, 6) is 0.616. The number of carbonyl (C=O) groups is 1. The molecule has 0 atom stereocenters.